The number of rotatable bonds is 7. The maximum Gasteiger partial charge on any atom is 0.251 e. The van der Waals surface area contributed by atoms with Gasteiger partial charge in [-0.05, 0) is 30.3 Å². The first-order valence-corrected chi connectivity index (χ1v) is 8.57. The third-order valence-corrected chi connectivity index (χ3v) is 4.17. The molecule has 0 radical (unpaired) electrons. The van der Waals surface area contributed by atoms with Crippen molar-refractivity contribution in [3.63, 3.8) is 0 Å². The first kappa shape index (κ1) is 18.7. The number of aromatic nitrogens is 2. The van der Waals surface area contributed by atoms with Crippen molar-refractivity contribution in [3.05, 3.63) is 58.9 Å². The zero-order chi connectivity index (χ0) is 19.2. The molecule has 0 aliphatic rings. The van der Waals surface area contributed by atoms with Crippen molar-refractivity contribution >= 4 is 17.5 Å². The molecular weight excluding hydrogens is 370 g/mol. The first-order valence-electron chi connectivity index (χ1n) is 8.20. The smallest absolute Gasteiger partial charge is 0.251 e. The Morgan fingerprint density at radius 1 is 1.11 bits per heavy atom. The number of hydrogen-bond acceptors (Lipinski definition) is 6. The number of ether oxygens (including phenoxy) is 2. The number of methoxy groups -OCH3 is 2. The van der Waals surface area contributed by atoms with Gasteiger partial charge in [0.05, 0.1) is 24.8 Å². The van der Waals surface area contributed by atoms with Gasteiger partial charge in [0, 0.05) is 18.5 Å². The number of hydrogen-bond donors (Lipinski definition) is 1. The average molecular weight is 388 g/mol. The Bertz CT molecular complexity index is 942. The molecule has 0 aliphatic carbocycles. The van der Waals surface area contributed by atoms with Crippen LogP contribution < -0.4 is 14.8 Å². The summed E-state index contributed by atoms with van der Waals surface area (Å²) in [4.78, 5) is 12.3. The van der Waals surface area contributed by atoms with E-state index in [1.165, 1.54) is 7.11 Å². The number of carbonyl (C=O) groups is 1. The van der Waals surface area contributed by atoms with Crippen LogP contribution in [0.1, 0.15) is 16.2 Å². The minimum atomic E-state index is -0.234. The summed E-state index contributed by atoms with van der Waals surface area (Å²) in [6.45, 7) is 0.345. The van der Waals surface area contributed by atoms with Crippen molar-refractivity contribution in [2.45, 2.75) is 6.42 Å². The summed E-state index contributed by atoms with van der Waals surface area (Å²) in [5, 5.41) is 11.3. The molecule has 3 rings (SSSR count). The zero-order valence-electron chi connectivity index (χ0n) is 14.9. The summed E-state index contributed by atoms with van der Waals surface area (Å²) in [5.74, 6) is 1.58. The van der Waals surface area contributed by atoms with Crippen molar-refractivity contribution in [1.29, 1.82) is 0 Å². The quantitative estimate of drug-likeness (QED) is 0.668. The molecule has 7 nitrogen and oxygen atoms in total. The van der Waals surface area contributed by atoms with Gasteiger partial charge in [-0.2, -0.15) is 0 Å². The fraction of sp³-hybridized carbons (Fsp3) is 0.211. The third kappa shape index (κ3) is 4.38. The Kier molecular flexibility index (Phi) is 5.93. The lowest BCUT2D eigenvalue weighted by molar-refractivity contribution is 0.0953. The van der Waals surface area contributed by atoms with E-state index in [0.29, 0.717) is 52.4 Å². The Hall–Kier alpha value is -3.06. The van der Waals surface area contributed by atoms with Gasteiger partial charge in [-0.25, -0.2) is 0 Å². The van der Waals surface area contributed by atoms with E-state index in [-0.39, 0.29) is 5.91 Å². The molecule has 27 heavy (non-hydrogen) atoms. The summed E-state index contributed by atoms with van der Waals surface area (Å²) < 4.78 is 16.0. The number of benzene rings is 2. The molecule has 140 valence electrons. The molecule has 0 fully saturated rings. The predicted octanol–water partition coefficient (Wildman–Crippen LogP) is 3.38. The van der Waals surface area contributed by atoms with E-state index in [1.54, 1.807) is 37.4 Å². The zero-order valence-corrected chi connectivity index (χ0v) is 15.6. The molecule has 0 bridgehead atoms. The maximum absolute atomic E-state index is 12.3. The highest BCUT2D eigenvalue weighted by Gasteiger charge is 2.13. The van der Waals surface area contributed by atoms with E-state index in [0.717, 1.165) is 0 Å². The molecule has 8 heteroatoms. The van der Waals surface area contributed by atoms with Gasteiger partial charge in [0.2, 0.25) is 11.8 Å². The van der Waals surface area contributed by atoms with Crippen molar-refractivity contribution in [2.24, 2.45) is 0 Å². The highest BCUT2D eigenvalue weighted by atomic mass is 35.5. The van der Waals surface area contributed by atoms with Gasteiger partial charge >= 0.3 is 0 Å². The number of nitrogens with one attached hydrogen (secondary N) is 1. The van der Waals surface area contributed by atoms with Crippen molar-refractivity contribution in [3.8, 4) is 23.0 Å². The fourth-order valence-corrected chi connectivity index (χ4v) is 2.68. The summed E-state index contributed by atoms with van der Waals surface area (Å²) in [5.41, 5.74) is 1.14. The standard InChI is InChI=1S/C19H18ClN3O4/c1-25-15-8-7-12(11-16(15)26-2)18(24)21-10-9-17-22-23-19(27-17)13-5-3-4-6-14(13)20/h3-8,11H,9-10H2,1-2H3,(H,21,24). The van der Waals surface area contributed by atoms with Crippen LogP contribution in [0, 0.1) is 0 Å². The second kappa shape index (κ2) is 8.55. The molecule has 0 aliphatic heterocycles. The molecule has 3 aromatic rings. The number of carbonyl (C=O) groups excluding carboxylic acids is 1. The monoisotopic (exact) mass is 387 g/mol. The second-order valence-corrected chi connectivity index (χ2v) is 5.96. The van der Waals surface area contributed by atoms with Crippen molar-refractivity contribution in [2.75, 3.05) is 20.8 Å². The van der Waals surface area contributed by atoms with Gasteiger partial charge in [0.15, 0.2) is 11.5 Å². The Morgan fingerprint density at radius 3 is 2.63 bits per heavy atom. The summed E-state index contributed by atoms with van der Waals surface area (Å²) in [6, 6.07) is 12.2. The molecular formula is C19H18ClN3O4. The van der Waals surface area contributed by atoms with E-state index >= 15 is 0 Å². The molecule has 1 amide bonds. The van der Waals surface area contributed by atoms with Gasteiger partial charge in [-0.1, -0.05) is 23.7 Å². The Labute approximate surface area is 161 Å². The van der Waals surface area contributed by atoms with E-state index in [4.69, 9.17) is 25.5 Å². The molecule has 0 atom stereocenters. The molecule has 0 unspecified atom stereocenters. The van der Waals surface area contributed by atoms with Gasteiger partial charge in [-0.15, -0.1) is 10.2 Å². The Balaban J connectivity index is 1.59. The van der Waals surface area contributed by atoms with Crippen molar-refractivity contribution < 1.29 is 18.7 Å². The minimum absolute atomic E-state index is 0.234. The second-order valence-electron chi connectivity index (χ2n) is 5.56. The van der Waals surface area contributed by atoms with Crippen LogP contribution in [0.15, 0.2) is 46.9 Å². The molecule has 1 heterocycles. The number of nitrogens with zero attached hydrogens (tertiary/aromatic N) is 2. The lowest BCUT2D eigenvalue weighted by atomic mass is 10.2. The van der Waals surface area contributed by atoms with Crippen LogP contribution in [0.3, 0.4) is 0 Å². The maximum atomic E-state index is 12.3. The summed E-state index contributed by atoms with van der Waals surface area (Å²) in [6.07, 6.45) is 0.399. The highest BCUT2D eigenvalue weighted by Crippen LogP contribution is 2.28. The highest BCUT2D eigenvalue weighted by molar-refractivity contribution is 6.33. The van der Waals surface area contributed by atoms with Crippen LogP contribution in [-0.2, 0) is 6.42 Å². The molecule has 1 N–H and O–H groups in total. The van der Waals surface area contributed by atoms with Gasteiger partial charge < -0.3 is 19.2 Å². The molecule has 0 saturated heterocycles. The SMILES string of the molecule is COc1ccc(C(=O)NCCc2nnc(-c3ccccc3Cl)o2)cc1OC. The van der Waals surface area contributed by atoms with E-state index in [2.05, 4.69) is 15.5 Å². The predicted molar refractivity (Wildman–Crippen MR) is 100 cm³/mol. The normalized spacial score (nSPS) is 10.5. The summed E-state index contributed by atoms with van der Waals surface area (Å²) >= 11 is 6.12. The molecule has 2 aromatic carbocycles. The lowest BCUT2D eigenvalue weighted by Gasteiger charge is -2.09. The largest absolute Gasteiger partial charge is 0.493 e. The van der Waals surface area contributed by atoms with Crippen LogP contribution in [0.5, 0.6) is 11.5 Å². The molecule has 0 spiro atoms. The molecule has 0 saturated carbocycles. The van der Waals surface area contributed by atoms with E-state index < -0.39 is 0 Å². The fourth-order valence-electron chi connectivity index (χ4n) is 2.46. The first-order chi connectivity index (χ1) is 13.1. The number of amides is 1. The Morgan fingerprint density at radius 2 is 1.89 bits per heavy atom. The minimum Gasteiger partial charge on any atom is -0.493 e. The van der Waals surface area contributed by atoms with Crippen LogP contribution in [0.4, 0.5) is 0 Å². The van der Waals surface area contributed by atoms with Gasteiger partial charge in [-0.3, -0.25) is 4.79 Å². The third-order valence-electron chi connectivity index (χ3n) is 3.84. The van der Waals surface area contributed by atoms with Crippen molar-refractivity contribution in [1.82, 2.24) is 15.5 Å². The van der Waals surface area contributed by atoms with Gasteiger partial charge in [0.1, 0.15) is 0 Å². The topological polar surface area (TPSA) is 86.5 Å². The van der Waals surface area contributed by atoms with Crippen LogP contribution in [0.25, 0.3) is 11.5 Å². The van der Waals surface area contributed by atoms with Crippen LogP contribution >= 0.6 is 11.6 Å². The van der Waals surface area contributed by atoms with E-state index in [9.17, 15) is 4.79 Å². The number of halogens is 1. The molecule has 1 aromatic heterocycles. The van der Waals surface area contributed by atoms with E-state index in [1.807, 2.05) is 12.1 Å². The van der Waals surface area contributed by atoms with Gasteiger partial charge in [0.25, 0.3) is 5.91 Å². The van der Waals surface area contributed by atoms with Crippen LogP contribution in [-0.4, -0.2) is 36.9 Å². The average Bonchev–Trinajstić information content (AvgIpc) is 3.16. The summed E-state index contributed by atoms with van der Waals surface area (Å²) in [7, 11) is 3.06. The van der Waals surface area contributed by atoms with Crippen LogP contribution in [0.2, 0.25) is 5.02 Å². The lowest BCUT2D eigenvalue weighted by Crippen LogP contribution is -2.25.